The van der Waals surface area contributed by atoms with Crippen molar-refractivity contribution in [1.82, 2.24) is 20.2 Å². The third-order valence-electron chi connectivity index (χ3n) is 5.10. The van der Waals surface area contributed by atoms with Crippen LogP contribution in [0.2, 0.25) is 0 Å². The van der Waals surface area contributed by atoms with Gasteiger partial charge in [-0.25, -0.2) is 4.68 Å². The maximum absolute atomic E-state index is 12.2. The molecule has 0 atom stereocenters. The van der Waals surface area contributed by atoms with E-state index < -0.39 is 0 Å². The van der Waals surface area contributed by atoms with Crippen LogP contribution in [0.25, 0.3) is 10.8 Å². The number of rotatable bonds is 9. The van der Waals surface area contributed by atoms with E-state index >= 15 is 0 Å². The number of nitrogens with one attached hydrogen (secondary N) is 1. The number of nitrogen functional groups attached to an aromatic ring is 1. The minimum absolute atomic E-state index is 0.0309. The molecule has 0 saturated heterocycles. The molecule has 3 N–H and O–H groups in total. The molecule has 0 bridgehead atoms. The molecule has 31 heavy (non-hydrogen) atoms. The lowest BCUT2D eigenvalue weighted by Gasteiger charge is -2.07. The summed E-state index contributed by atoms with van der Waals surface area (Å²) in [7, 11) is 0. The number of hydrogen-bond donors (Lipinski definition) is 2. The van der Waals surface area contributed by atoms with Crippen molar-refractivity contribution in [3.63, 3.8) is 0 Å². The Balaban J connectivity index is 1.28. The summed E-state index contributed by atoms with van der Waals surface area (Å²) in [5.74, 6) is 7.10. The molecule has 0 aliphatic carbocycles. The van der Waals surface area contributed by atoms with Gasteiger partial charge in [0.15, 0.2) is 5.82 Å². The first-order valence-electron chi connectivity index (χ1n) is 10.3. The van der Waals surface area contributed by atoms with Crippen LogP contribution in [0.5, 0.6) is 0 Å². The lowest BCUT2D eigenvalue weighted by molar-refractivity contribution is -0.118. The van der Waals surface area contributed by atoms with Crippen LogP contribution in [-0.4, -0.2) is 33.1 Å². The Labute approximate surface area is 185 Å². The van der Waals surface area contributed by atoms with Crippen LogP contribution < -0.4 is 11.2 Å². The van der Waals surface area contributed by atoms with Crippen molar-refractivity contribution in [3.05, 3.63) is 89.7 Å². The number of carbonyl (C=O) groups excluding carboxylic acids is 1. The smallest absolute Gasteiger partial charge is 0.230 e. The number of fused-ring (bicyclic) bond motifs is 1. The Bertz CT molecular complexity index is 1150. The molecule has 1 heterocycles. The normalized spacial score (nSPS) is 11.0. The number of amides is 1. The Morgan fingerprint density at radius 2 is 1.74 bits per heavy atom. The van der Waals surface area contributed by atoms with E-state index in [1.165, 1.54) is 32.8 Å². The third-order valence-corrected chi connectivity index (χ3v) is 6.05. The van der Waals surface area contributed by atoms with Crippen molar-refractivity contribution in [2.75, 3.05) is 18.1 Å². The topological polar surface area (TPSA) is 85.8 Å². The summed E-state index contributed by atoms with van der Waals surface area (Å²) < 4.78 is 1.48. The first-order valence-corrected chi connectivity index (χ1v) is 11.3. The van der Waals surface area contributed by atoms with Crippen LogP contribution in [0.3, 0.4) is 0 Å². The van der Waals surface area contributed by atoms with Crippen molar-refractivity contribution in [3.8, 4) is 0 Å². The van der Waals surface area contributed by atoms with Crippen LogP contribution in [0.15, 0.2) is 78.0 Å². The van der Waals surface area contributed by atoms with E-state index in [1.807, 2.05) is 36.4 Å². The average Bonchev–Trinajstić information content (AvgIpc) is 3.15. The summed E-state index contributed by atoms with van der Waals surface area (Å²) in [6.45, 7) is 0.649. The number of nitrogens with two attached hydrogens (primary N) is 1. The van der Waals surface area contributed by atoms with Crippen molar-refractivity contribution in [2.45, 2.75) is 24.4 Å². The monoisotopic (exact) mass is 431 g/mol. The second-order valence-corrected chi connectivity index (χ2v) is 8.25. The third kappa shape index (κ3) is 5.44. The summed E-state index contributed by atoms with van der Waals surface area (Å²) in [6.07, 6.45) is 2.43. The Morgan fingerprint density at radius 1 is 0.968 bits per heavy atom. The van der Waals surface area contributed by atoms with Gasteiger partial charge in [-0.05, 0) is 34.7 Å². The van der Waals surface area contributed by atoms with E-state index in [0.29, 0.717) is 23.9 Å². The predicted molar refractivity (Wildman–Crippen MR) is 125 cm³/mol. The van der Waals surface area contributed by atoms with Crippen LogP contribution in [-0.2, 0) is 17.6 Å². The standard InChI is InChI=1S/C24H25N5OS/c25-29-22(16-20-13-6-12-19-11-4-5-14-21(19)20)27-28-24(29)31-17-23(30)26-15-7-10-18-8-2-1-3-9-18/h1-6,8-9,11-14H,7,10,15-17,25H2,(H,26,30). The second kappa shape index (κ2) is 10.1. The van der Waals surface area contributed by atoms with E-state index in [9.17, 15) is 4.79 Å². The van der Waals surface area contributed by atoms with Gasteiger partial charge in [0.05, 0.1) is 5.75 Å². The molecule has 0 unspecified atom stereocenters. The molecule has 4 rings (SSSR count). The molecule has 0 spiro atoms. The Hall–Kier alpha value is -3.32. The molecular weight excluding hydrogens is 406 g/mol. The van der Waals surface area contributed by atoms with Gasteiger partial charge in [-0.2, -0.15) is 0 Å². The highest BCUT2D eigenvalue weighted by molar-refractivity contribution is 7.99. The molecule has 6 nitrogen and oxygen atoms in total. The molecule has 0 saturated carbocycles. The molecule has 0 aliphatic rings. The molecule has 4 aromatic rings. The lowest BCUT2D eigenvalue weighted by atomic mass is 10.0. The number of hydrogen-bond acceptors (Lipinski definition) is 5. The summed E-state index contributed by atoms with van der Waals surface area (Å²) >= 11 is 1.30. The minimum atomic E-state index is -0.0309. The Morgan fingerprint density at radius 3 is 2.61 bits per heavy atom. The van der Waals surface area contributed by atoms with E-state index in [-0.39, 0.29) is 11.7 Å². The highest BCUT2D eigenvalue weighted by Gasteiger charge is 2.13. The van der Waals surface area contributed by atoms with E-state index in [1.54, 1.807) is 0 Å². The zero-order valence-corrected chi connectivity index (χ0v) is 18.0. The van der Waals surface area contributed by atoms with Gasteiger partial charge >= 0.3 is 0 Å². The zero-order valence-electron chi connectivity index (χ0n) is 17.2. The van der Waals surface area contributed by atoms with Gasteiger partial charge in [0.25, 0.3) is 0 Å². The van der Waals surface area contributed by atoms with Gasteiger partial charge in [-0.15, -0.1) is 10.2 Å². The number of aryl methyl sites for hydroxylation is 1. The van der Waals surface area contributed by atoms with Gasteiger partial charge in [-0.1, -0.05) is 84.6 Å². The summed E-state index contributed by atoms with van der Waals surface area (Å²) in [5.41, 5.74) is 2.42. The van der Waals surface area contributed by atoms with Crippen molar-refractivity contribution < 1.29 is 4.79 Å². The molecule has 1 aromatic heterocycles. The number of nitrogens with zero attached hydrogens (tertiary/aromatic N) is 3. The molecular formula is C24H25N5OS. The molecule has 0 radical (unpaired) electrons. The molecule has 0 aliphatic heterocycles. The van der Waals surface area contributed by atoms with Crippen LogP contribution in [0.1, 0.15) is 23.4 Å². The summed E-state index contributed by atoms with van der Waals surface area (Å²) in [5, 5.41) is 14.3. The lowest BCUT2D eigenvalue weighted by Crippen LogP contribution is -2.26. The number of carbonyl (C=O) groups is 1. The van der Waals surface area contributed by atoms with Crippen LogP contribution in [0.4, 0.5) is 0 Å². The van der Waals surface area contributed by atoms with Gasteiger partial charge in [-0.3, -0.25) is 4.79 Å². The highest BCUT2D eigenvalue weighted by Crippen LogP contribution is 2.22. The molecule has 158 valence electrons. The fourth-order valence-corrected chi connectivity index (χ4v) is 4.19. The first-order chi connectivity index (χ1) is 15.2. The van der Waals surface area contributed by atoms with E-state index in [0.717, 1.165) is 18.4 Å². The van der Waals surface area contributed by atoms with Crippen molar-refractivity contribution in [1.29, 1.82) is 0 Å². The molecule has 7 heteroatoms. The number of benzene rings is 3. The second-order valence-electron chi connectivity index (χ2n) is 7.31. The van der Waals surface area contributed by atoms with E-state index in [4.69, 9.17) is 5.84 Å². The zero-order chi connectivity index (χ0) is 21.5. The fourth-order valence-electron chi connectivity index (χ4n) is 3.49. The summed E-state index contributed by atoms with van der Waals surface area (Å²) in [6, 6.07) is 24.7. The number of aromatic nitrogens is 3. The molecule has 0 fully saturated rings. The van der Waals surface area contributed by atoms with Gasteiger partial charge in [0.1, 0.15) is 0 Å². The summed E-state index contributed by atoms with van der Waals surface area (Å²) in [4.78, 5) is 12.2. The van der Waals surface area contributed by atoms with Crippen molar-refractivity contribution in [2.24, 2.45) is 0 Å². The largest absolute Gasteiger partial charge is 0.355 e. The highest BCUT2D eigenvalue weighted by atomic mass is 32.2. The predicted octanol–water partition coefficient (Wildman–Crippen LogP) is 3.58. The minimum Gasteiger partial charge on any atom is -0.355 e. The van der Waals surface area contributed by atoms with Gasteiger partial charge < -0.3 is 11.2 Å². The average molecular weight is 432 g/mol. The van der Waals surface area contributed by atoms with Gasteiger partial charge in [0.2, 0.25) is 11.1 Å². The van der Waals surface area contributed by atoms with E-state index in [2.05, 4.69) is 51.9 Å². The fraction of sp³-hybridized carbons (Fsp3) is 0.208. The van der Waals surface area contributed by atoms with Crippen LogP contribution in [0, 0.1) is 0 Å². The molecule has 3 aromatic carbocycles. The maximum atomic E-state index is 12.2. The number of thioether (sulfide) groups is 1. The Kier molecular flexibility index (Phi) is 6.84. The quantitative estimate of drug-likeness (QED) is 0.240. The maximum Gasteiger partial charge on any atom is 0.230 e. The van der Waals surface area contributed by atoms with Crippen LogP contribution >= 0.6 is 11.8 Å². The van der Waals surface area contributed by atoms with Gasteiger partial charge in [0, 0.05) is 13.0 Å². The first kappa shape index (κ1) is 20.9. The SMILES string of the molecule is Nn1c(Cc2cccc3ccccc23)nnc1SCC(=O)NCCCc1ccccc1. The molecule has 1 amide bonds. The van der Waals surface area contributed by atoms with Crippen molar-refractivity contribution >= 4 is 28.4 Å².